The molecule has 0 aromatic heterocycles. The Morgan fingerprint density at radius 3 is 2.50 bits per heavy atom. The SMILES string of the molecule is COCC=Cc1cc(CNC2CC2)cc(O[Si](C)(C)C(C)(C)C)c1. The van der Waals surface area contributed by atoms with Gasteiger partial charge in [0.15, 0.2) is 0 Å². The molecule has 1 aliphatic rings. The second-order valence-electron chi connectivity index (χ2n) is 8.29. The Morgan fingerprint density at radius 1 is 1.21 bits per heavy atom. The van der Waals surface area contributed by atoms with Gasteiger partial charge in [-0.05, 0) is 54.2 Å². The minimum atomic E-state index is -1.83. The van der Waals surface area contributed by atoms with E-state index in [1.807, 2.05) is 6.08 Å². The van der Waals surface area contributed by atoms with Gasteiger partial charge in [0.25, 0.3) is 0 Å². The standard InChI is InChI=1S/C20H33NO2Si/c1-20(2,3)24(5,6)23-19-13-16(8-7-11-22-4)12-17(14-19)15-21-18-9-10-18/h7-8,12-14,18,21H,9-11,15H2,1-6H3. The van der Waals surface area contributed by atoms with Gasteiger partial charge in [0.1, 0.15) is 5.75 Å². The topological polar surface area (TPSA) is 30.5 Å². The van der Waals surface area contributed by atoms with E-state index in [1.54, 1.807) is 7.11 Å². The average Bonchev–Trinajstić information content (AvgIpc) is 3.28. The molecule has 0 amide bonds. The lowest BCUT2D eigenvalue weighted by molar-refractivity contribution is 0.234. The number of rotatable bonds is 8. The molecule has 134 valence electrons. The number of nitrogens with one attached hydrogen (secondary N) is 1. The first-order valence-electron chi connectivity index (χ1n) is 8.93. The Kier molecular flexibility index (Phi) is 6.29. The summed E-state index contributed by atoms with van der Waals surface area (Å²) >= 11 is 0. The monoisotopic (exact) mass is 347 g/mol. The van der Waals surface area contributed by atoms with E-state index >= 15 is 0 Å². The van der Waals surface area contributed by atoms with E-state index in [4.69, 9.17) is 9.16 Å². The molecule has 4 heteroatoms. The van der Waals surface area contributed by atoms with Crippen molar-refractivity contribution in [1.29, 1.82) is 0 Å². The summed E-state index contributed by atoms with van der Waals surface area (Å²) in [5, 5.41) is 3.79. The van der Waals surface area contributed by atoms with Gasteiger partial charge in [0.2, 0.25) is 8.32 Å². The molecule has 3 nitrogen and oxygen atoms in total. The highest BCUT2D eigenvalue weighted by Crippen LogP contribution is 2.37. The Balaban J connectivity index is 2.20. The number of hydrogen-bond donors (Lipinski definition) is 1. The Bertz CT molecular complexity index is 571. The molecule has 1 N–H and O–H groups in total. The molecule has 1 aromatic rings. The highest BCUT2D eigenvalue weighted by molar-refractivity contribution is 6.74. The van der Waals surface area contributed by atoms with Crippen molar-refractivity contribution in [3.63, 3.8) is 0 Å². The molecule has 1 aromatic carbocycles. The van der Waals surface area contributed by atoms with Crippen LogP contribution in [0.2, 0.25) is 18.1 Å². The van der Waals surface area contributed by atoms with Crippen molar-refractivity contribution in [3.05, 3.63) is 35.4 Å². The van der Waals surface area contributed by atoms with Gasteiger partial charge in [-0.3, -0.25) is 0 Å². The molecule has 0 radical (unpaired) electrons. The van der Waals surface area contributed by atoms with E-state index in [0.29, 0.717) is 12.6 Å². The molecule has 0 saturated heterocycles. The van der Waals surface area contributed by atoms with Crippen molar-refractivity contribution < 1.29 is 9.16 Å². The second-order valence-corrected chi connectivity index (χ2v) is 13.0. The summed E-state index contributed by atoms with van der Waals surface area (Å²) in [5.74, 6) is 0.994. The van der Waals surface area contributed by atoms with Crippen LogP contribution >= 0.6 is 0 Å². The van der Waals surface area contributed by atoms with Crippen molar-refractivity contribution in [2.45, 2.75) is 64.3 Å². The molecular formula is C20H33NO2Si. The molecule has 0 atom stereocenters. The van der Waals surface area contributed by atoms with Gasteiger partial charge in [0, 0.05) is 19.7 Å². The molecule has 1 aliphatic carbocycles. The molecule has 1 saturated carbocycles. The predicted molar refractivity (Wildman–Crippen MR) is 105 cm³/mol. The van der Waals surface area contributed by atoms with E-state index in [-0.39, 0.29) is 5.04 Å². The van der Waals surface area contributed by atoms with Gasteiger partial charge in [-0.25, -0.2) is 0 Å². The fourth-order valence-electron chi connectivity index (χ4n) is 2.22. The van der Waals surface area contributed by atoms with Crippen LogP contribution in [-0.4, -0.2) is 28.1 Å². The number of methoxy groups -OCH3 is 1. The summed E-state index contributed by atoms with van der Waals surface area (Å²) in [5.41, 5.74) is 2.46. The van der Waals surface area contributed by atoms with Crippen molar-refractivity contribution >= 4 is 14.4 Å². The molecule has 0 aliphatic heterocycles. The smallest absolute Gasteiger partial charge is 0.250 e. The van der Waals surface area contributed by atoms with Crippen LogP contribution in [0.1, 0.15) is 44.7 Å². The van der Waals surface area contributed by atoms with Gasteiger partial charge in [0.05, 0.1) is 6.61 Å². The fourth-order valence-corrected chi connectivity index (χ4v) is 3.23. The maximum Gasteiger partial charge on any atom is 0.250 e. The molecule has 2 rings (SSSR count). The number of benzene rings is 1. The first-order chi connectivity index (χ1) is 11.2. The molecule has 0 bridgehead atoms. The summed E-state index contributed by atoms with van der Waals surface area (Å²) in [4.78, 5) is 0. The molecule has 0 spiro atoms. The normalized spacial score (nSPS) is 15.9. The third-order valence-corrected chi connectivity index (χ3v) is 9.27. The van der Waals surface area contributed by atoms with Crippen LogP contribution in [0, 0.1) is 0 Å². The Labute approximate surface area is 148 Å². The first kappa shape index (κ1) is 19.2. The van der Waals surface area contributed by atoms with Crippen molar-refractivity contribution in [3.8, 4) is 5.75 Å². The first-order valence-corrected chi connectivity index (χ1v) is 11.8. The van der Waals surface area contributed by atoms with Crippen molar-refractivity contribution in [1.82, 2.24) is 5.32 Å². The van der Waals surface area contributed by atoms with Crippen LogP contribution in [0.4, 0.5) is 0 Å². The summed E-state index contributed by atoms with van der Waals surface area (Å²) in [6, 6.07) is 7.29. The number of hydrogen-bond acceptors (Lipinski definition) is 3. The second kappa shape index (κ2) is 7.85. The van der Waals surface area contributed by atoms with Gasteiger partial charge >= 0.3 is 0 Å². The van der Waals surface area contributed by atoms with E-state index in [0.717, 1.165) is 12.3 Å². The third-order valence-electron chi connectivity index (χ3n) is 4.91. The number of ether oxygens (including phenoxy) is 1. The van der Waals surface area contributed by atoms with Crippen LogP contribution in [0.25, 0.3) is 6.08 Å². The Hall–Kier alpha value is -1.10. The molecule has 1 fully saturated rings. The largest absolute Gasteiger partial charge is 0.543 e. The van der Waals surface area contributed by atoms with Gasteiger partial charge in [-0.15, -0.1) is 0 Å². The maximum atomic E-state index is 6.52. The van der Waals surface area contributed by atoms with E-state index in [9.17, 15) is 0 Å². The van der Waals surface area contributed by atoms with Gasteiger partial charge in [-0.2, -0.15) is 0 Å². The van der Waals surface area contributed by atoms with Crippen molar-refractivity contribution in [2.75, 3.05) is 13.7 Å². The van der Waals surface area contributed by atoms with Crippen LogP contribution in [0.3, 0.4) is 0 Å². The van der Waals surface area contributed by atoms with E-state index in [2.05, 4.69) is 63.5 Å². The van der Waals surface area contributed by atoms with Gasteiger partial charge < -0.3 is 14.5 Å². The van der Waals surface area contributed by atoms with Crippen LogP contribution in [-0.2, 0) is 11.3 Å². The molecule has 24 heavy (non-hydrogen) atoms. The van der Waals surface area contributed by atoms with Crippen LogP contribution in [0.15, 0.2) is 24.3 Å². The lowest BCUT2D eigenvalue weighted by Gasteiger charge is -2.36. The maximum absolute atomic E-state index is 6.52. The van der Waals surface area contributed by atoms with E-state index in [1.165, 1.54) is 24.0 Å². The lowest BCUT2D eigenvalue weighted by Crippen LogP contribution is -2.43. The fraction of sp³-hybridized carbons (Fsp3) is 0.600. The summed E-state index contributed by atoms with van der Waals surface area (Å²) in [6.45, 7) is 12.9. The molecular weight excluding hydrogens is 314 g/mol. The zero-order valence-corrected chi connectivity index (χ0v) is 17.1. The average molecular weight is 348 g/mol. The predicted octanol–water partition coefficient (Wildman–Crippen LogP) is 4.98. The molecule has 0 heterocycles. The zero-order chi connectivity index (χ0) is 17.8. The van der Waals surface area contributed by atoms with E-state index < -0.39 is 8.32 Å². The third kappa shape index (κ3) is 5.76. The lowest BCUT2D eigenvalue weighted by atomic mass is 10.1. The summed E-state index contributed by atoms with van der Waals surface area (Å²) in [7, 11) is -0.117. The highest BCUT2D eigenvalue weighted by atomic mass is 28.4. The summed E-state index contributed by atoms with van der Waals surface area (Å²) in [6.07, 6.45) is 6.77. The van der Waals surface area contributed by atoms with Crippen molar-refractivity contribution in [2.24, 2.45) is 0 Å². The van der Waals surface area contributed by atoms with Gasteiger partial charge in [-0.1, -0.05) is 39.0 Å². The summed E-state index contributed by atoms with van der Waals surface area (Å²) < 4.78 is 11.6. The highest BCUT2D eigenvalue weighted by Gasteiger charge is 2.39. The minimum Gasteiger partial charge on any atom is -0.543 e. The molecule has 0 unspecified atom stereocenters. The quantitative estimate of drug-likeness (QED) is 0.673. The zero-order valence-electron chi connectivity index (χ0n) is 16.1. The Morgan fingerprint density at radius 2 is 1.92 bits per heavy atom. The minimum absolute atomic E-state index is 0.196. The van der Waals surface area contributed by atoms with Crippen LogP contribution in [0.5, 0.6) is 5.75 Å². The van der Waals surface area contributed by atoms with Crippen LogP contribution < -0.4 is 9.74 Å².